The summed E-state index contributed by atoms with van der Waals surface area (Å²) in [5.41, 5.74) is 1.40. The van der Waals surface area contributed by atoms with Gasteiger partial charge in [0.25, 0.3) is 5.69 Å². The third-order valence-corrected chi connectivity index (χ3v) is 5.82. The van der Waals surface area contributed by atoms with Gasteiger partial charge in [0.1, 0.15) is 0 Å². The van der Waals surface area contributed by atoms with E-state index in [2.05, 4.69) is 10.0 Å². The van der Waals surface area contributed by atoms with Crippen molar-refractivity contribution in [3.8, 4) is 0 Å². The Kier molecular flexibility index (Phi) is 5.24. The van der Waals surface area contributed by atoms with Gasteiger partial charge < -0.3 is 5.32 Å². The molecule has 0 radical (unpaired) electrons. The lowest BCUT2D eigenvalue weighted by Gasteiger charge is -2.11. The molecule has 0 unspecified atom stereocenters. The summed E-state index contributed by atoms with van der Waals surface area (Å²) in [4.78, 5) is 22.0. The Hall–Kier alpha value is -2.78. The molecule has 3 rings (SSSR count). The van der Waals surface area contributed by atoms with E-state index in [4.69, 9.17) is 0 Å². The van der Waals surface area contributed by atoms with Gasteiger partial charge in [0.05, 0.1) is 9.82 Å². The van der Waals surface area contributed by atoms with Crippen molar-refractivity contribution in [2.75, 3.05) is 5.32 Å². The molecule has 9 heteroatoms. The van der Waals surface area contributed by atoms with E-state index in [1.54, 1.807) is 31.2 Å². The number of non-ortho nitro benzene ring substituents is 1. The fourth-order valence-electron chi connectivity index (χ4n) is 2.60. The molecule has 1 saturated carbocycles. The standard InChI is InChI=1S/C18H19N3O5S/c1-12-5-8-16(21(23)24)10-17(12)27(25,26)19-11-13-3-2-4-15(9-13)20-18(22)14-6-7-14/h2-5,8-10,14,19H,6-7,11H2,1H3,(H,20,22). The monoisotopic (exact) mass is 389 g/mol. The summed E-state index contributed by atoms with van der Waals surface area (Å²) in [6.07, 6.45) is 1.79. The maximum Gasteiger partial charge on any atom is 0.270 e. The summed E-state index contributed by atoms with van der Waals surface area (Å²) in [5, 5.41) is 13.7. The van der Waals surface area contributed by atoms with Crippen LogP contribution in [0.25, 0.3) is 0 Å². The Balaban J connectivity index is 1.73. The first-order valence-electron chi connectivity index (χ1n) is 8.41. The molecule has 0 atom stereocenters. The lowest BCUT2D eigenvalue weighted by Crippen LogP contribution is -2.24. The first-order chi connectivity index (χ1) is 12.8. The molecule has 0 aliphatic heterocycles. The van der Waals surface area contributed by atoms with Crippen LogP contribution in [0.15, 0.2) is 47.4 Å². The van der Waals surface area contributed by atoms with E-state index in [0.29, 0.717) is 16.8 Å². The van der Waals surface area contributed by atoms with Gasteiger partial charge in [-0.15, -0.1) is 0 Å². The van der Waals surface area contributed by atoms with E-state index in [0.717, 1.165) is 18.9 Å². The van der Waals surface area contributed by atoms with E-state index in [-0.39, 0.29) is 29.0 Å². The molecule has 0 spiro atoms. The van der Waals surface area contributed by atoms with Crippen LogP contribution in [-0.2, 0) is 21.4 Å². The number of benzene rings is 2. The van der Waals surface area contributed by atoms with Crippen molar-refractivity contribution in [2.24, 2.45) is 5.92 Å². The minimum Gasteiger partial charge on any atom is -0.326 e. The highest BCUT2D eigenvalue weighted by Crippen LogP contribution is 2.30. The molecule has 0 bridgehead atoms. The molecular formula is C18H19N3O5S. The van der Waals surface area contributed by atoms with Crippen LogP contribution in [0.2, 0.25) is 0 Å². The van der Waals surface area contributed by atoms with Crippen molar-refractivity contribution >= 4 is 27.3 Å². The lowest BCUT2D eigenvalue weighted by atomic mass is 10.2. The van der Waals surface area contributed by atoms with E-state index < -0.39 is 14.9 Å². The zero-order chi connectivity index (χ0) is 19.6. The Bertz CT molecular complexity index is 1000. The third-order valence-electron chi connectivity index (χ3n) is 4.28. The second-order valence-corrected chi connectivity index (χ2v) is 8.23. The second-order valence-electron chi connectivity index (χ2n) is 6.50. The number of nitrogens with zero attached hydrogens (tertiary/aromatic N) is 1. The average molecular weight is 389 g/mol. The number of nitro groups is 1. The maximum atomic E-state index is 12.6. The number of amides is 1. The average Bonchev–Trinajstić information content (AvgIpc) is 3.45. The number of hydrogen-bond acceptors (Lipinski definition) is 5. The Labute approximate surface area is 156 Å². The van der Waals surface area contributed by atoms with Crippen molar-refractivity contribution in [3.05, 3.63) is 63.7 Å². The van der Waals surface area contributed by atoms with Crippen LogP contribution in [0.5, 0.6) is 0 Å². The van der Waals surface area contributed by atoms with Crippen LogP contribution in [0.4, 0.5) is 11.4 Å². The number of hydrogen-bond donors (Lipinski definition) is 2. The minimum absolute atomic E-state index is 0.00238. The highest BCUT2D eigenvalue weighted by Gasteiger charge is 2.29. The number of sulfonamides is 1. The summed E-state index contributed by atoms with van der Waals surface area (Å²) in [6, 6.07) is 10.6. The lowest BCUT2D eigenvalue weighted by molar-refractivity contribution is -0.385. The van der Waals surface area contributed by atoms with Gasteiger partial charge in [-0.25, -0.2) is 13.1 Å². The SMILES string of the molecule is Cc1ccc([N+](=O)[O-])cc1S(=O)(=O)NCc1cccc(NC(=O)C2CC2)c1. The summed E-state index contributed by atoms with van der Waals surface area (Å²) >= 11 is 0. The molecular weight excluding hydrogens is 370 g/mol. The van der Waals surface area contributed by atoms with Crippen molar-refractivity contribution in [3.63, 3.8) is 0 Å². The maximum absolute atomic E-state index is 12.6. The number of rotatable bonds is 7. The van der Waals surface area contributed by atoms with Crippen molar-refractivity contribution in [1.29, 1.82) is 0 Å². The van der Waals surface area contributed by atoms with Gasteiger partial charge in [-0.3, -0.25) is 14.9 Å². The Morgan fingerprint density at radius 3 is 2.63 bits per heavy atom. The summed E-state index contributed by atoms with van der Waals surface area (Å²) in [7, 11) is -3.93. The van der Waals surface area contributed by atoms with Crippen LogP contribution < -0.4 is 10.0 Å². The topological polar surface area (TPSA) is 118 Å². The molecule has 0 heterocycles. The fraction of sp³-hybridized carbons (Fsp3) is 0.278. The zero-order valence-electron chi connectivity index (χ0n) is 14.6. The predicted octanol–water partition coefficient (Wildman–Crippen LogP) is 2.73. The molecule has 1 fully saturated rings. The van der Waals surface area contributed by atoms with Gasteiger partial charge in [-0.1, -0.05) is 18.2 Å². The number of anilines is 1. The molecule has 1 aliphatic rings. The number of nitrogens with one attached hydrogen (secondary N) is 2. The molecule has 2 aromatic rings. The molecule has 1 amide bonds. The Morgan fingerprint density at radius 1 is 1.22 bits per heavy atom. The molecule has 2 aromatic carbocycles. The van der Waals surface area contributed by atoms with E-state index in [1.807, 2.05) is 0 Å². The van der Waals surface area contributed by atoms with Crippen LogP contribution in [-0.4, -0.2) is 19.2 Å². The number of aryl methyl sites for hydroxylation is 1. The minimum atomic E-state index is -3.93. The predicted molar refractivity (Wildman–Crippen MR) is 99.7 cm³/mol. The van der Waals surface area contributed by atoms with Crippen LogP contribution in [0.3, 0.4) is 0 Å². The number of nitro benzene ring substituents is 1. The molecule has 8 nitrogen and oxygen atoms in total. The van der Waals surface area contributed by atoms with Crippen LogP contribution in [0.1, 0.15) is 24.0 Å². The molecule has 0 aromatic heterocycles. The molecule has 2 N–H and O–H groups in total. The van der Waals surface area contributed by atoms with Crippen molar-refractivity contribution in [1.82, 2.24) is 4.72 Å². The van der Waals surface area contributed by atoms with E-state index in [9.17, 15) is 23.3 Å². The van der Waals surface area contributed by atoms with Crippen molar-refractivity contribution in [2.45, 2.75) is 31.2 Å². The fourth-order valence-corrected chi connectivity index (χ4v) is 3.88. The summed E-state index contributed by atoms with van der Waals surface area (Å²) < 4.78 is 27.6. The first kappa shape index (κ1) is 19.0. The summed E-state index contributed by atoms with van der Waals surface area (Å²) in [6.45, 7) is 1.57. The largest absolute Gasteiger partial charge is 0.326 e. The van der Waals surface area contributed by atoms with Gasteiger partial charge in [-0.05, 0) is 43.0 Å². The van der Waals surface area contributed by atoms with Crippen molar-refractivity contribution < 1.29 is 18.1 Å². The van der Waals surface area contributed by atoms with Gasteiger partial charge >= 0.3 is 0 Å². The van der Waals surface area contributed by atoms with E-state index in [1.165, 1.54) is 12.1 Å². The molecule has 0 saturated heterocycles. The smallest absolute Gasteiger partial charge is 0.270 e. The normalized spacial score (nSPS) is 14.0. The first-order valence-corrected chi connectivity index (χ1v) is 9.89. The van der Waals surface area contributed by atoms with Gasteiger partial charge in [0, 0.05) is 30.3 Å². The third kappa shape index (κ3) is 4.69. The molecule has 27 heavy (non-hydrogen) atoms. The van der Waals surface area contributed by atoms with Crippen LogP contribution in [0, 0.1) is 23.0 Å². The summed E-state index contributed by atoms with van der Waals surface area (Å²) in [5.74, 6) is 0.0453. The van der Waals surface area contributed by atoms with Gasteiger partial charge in [-0.2, -0.15) is 0 Å². The second kappa shape index (κ2) is 7.45. The van der Waals surface area contributed by atoms with Gasteiger partial charge in [0.15, 0.2) is 0 Å². The molecule has 142 valence electrons. The van der Waals surface area contributed by atoms with Gasteiger partial charge in [0.2, 0.25) is 15.9 Å². The highest BCUT2D eigenvalue weighted by molar-refractivity contribution is 7.89. The highest BCUT2D eigenvalue weighted by atomic mass is 32.2. The zero-order valence-corrected chi connectivity index (χ0v) is 15.5. The van der Waals surface area contributed by atoms with Crippen LogP contribution >= 0.6 is 0 Å². The number of carbonyl (C=O) groups excluding carboxylic acids is 1. The Morgan fingerprint density at radius 2 is 1.96 bits per heavy atom. The quantitative estimate of drug-likeness (QED) is 0.557. The number of carbonyl (C=O) groups is 1. The van der Waals surface area contributed by atoms with E-state index >= 15 is 0 Å². The molecule has 1 aliphatic carbocycles.